The molecule has 0 aromatic heterocycles. The van der Waals surface area contributed by atoms with Gasteiger partial charge in [-0.25, -0.2) is 0 Å². The summed E-state index contributed by atoms with van der Waals surface area (Å²) in [7, 11) is 0. The molecule has 2 saturated heterocycles. The molecular formula is C14H25N3O3. The lowest BCUT2D eigenvalue weighted by molar-refractivity contribution is -0.132. The molecule has 2 rings (SSSR count). The van der Waals surface area contributed by atoms with Crippen molar-refractivity contribution in [1.29, 1.82) is 0 Å². The number of nitrogens with zero attached hydrogens (tertiary/aromatic N) is 1. The molecule has 2 fully saturated rings. The first-order valence-corrected chi connectivity index (χ1v) is 7.54. The SMILES string of the molecule is NC1(C(=O)NCCC(=O)N2CCCCC2)CCOCC1. The molecule has 0 aliphatic carbocycles. The van der Waals surface area contributed by atoms with Gasteiger partial charge >= 0.3 is 0 Å². The van der Waals surface area contributed by atoms with Crippen LogP contribution in [0.1, 0.15) is 38.5 Å². The van der Waals surface area contributed by atoms with E-state index in [1.165, 1.54) is 6.42 Å². The molecule has 0 aromatic rings. The number of ether oxygens (including phenoxy) is 1. The van der Waals surface area contributed by atoms with Crippen LogP contribution in [0.3, 0.4) is 0 Å². The van der Waals surface area contributed by atoms with Gasteiger partial charge in [0.05, 0.1) is 5.54 Å². The van der Waals surface area contributed by atoms with E-state index in [0.29, 0.717) is 39.0 Å². The molecule has 114 valence electrons. The van der Waals surface area contributed by atoms with E-state index in [9.17, 15) is 9.59 Å². The minimum absolute atomic E-state index is 0.128. The maximum absolute atomic E-state index is 12.1. The van der Waals surface area contributed by atoms with Crippen LogP contribution in [-0.2, 0) is 14.3 Å². The molecule has 2 aliphatic heterocycles. The predicted molar refractivity (Wildman–Crippen MR) is 75.0 cm³/mol. The molecule has 6 nitrogen and oxygen atoms in total. The second-order valence-corrected chi connectivity index (χ2v) is 5.72. The highest BCUT2D eigenvalue weighted by atomic mass is 16.5. The molecule has 3 N–H and O–H groups in total. The van der Waals surface area contributed by atoms with Crippen LogP contribution in [0, 0.1) is 0 Å². The van der Waals surface area contributed by atoms with Crippen LogP contribution in [0.2, 0.25) is 0 Å². The van der Waals surface area contributed by atoms with Crippen molar-refractivity contribution >= 4 is 11.8 Å². The van der Waals surface area contributed by atoms with Gasteiger partial charge in [-0.1, -0.05) is 0 Å². The van der Waals surface area contributed by atoms with Gasteiger partial charge in [-0.2, -0.15) is 0 Å². The molecule has 0 unspecified atom stereocenters. The Morgan fingerprint density at radius 3 is 2.45 bits per heavy atom. The number of hydrogen-bond donors (Lipinski definition) is 2. The van der Waals surface area contributed by atoms with Crippen LogP contribution < -0.4 is 11.1 Å². The lowest BCUT2D eigenvalue weighted by Crippen LogP contribution is -2.57. The van der Waals surface area contributed by atoms with Crippen LogP contribution in [0.25, 0.3) is 0 Å². The van der Waals surface area contributed by atoms with Crippen molar-refractivity contribution in [2.45, 2.75) is 44.1 Å². The lowest BCUT2D eigenvalue weighted by Gasteiger charge is -2.32. The summed E-state index contributed by atoms with van der Waals surface area (Å²) >= 11 is 0. The molecule has 0 atom stereocenters. The third-order valence-electron chi connectivity index (χ3n) is 4.17. The zero-order valence-electron chi connectivity index (χ0n) is 12.0. The van der Waals surface area contributed by atoms with E-state index in [4.69, 9.17) is 10.5 Å². The summed E-state index contributed by atoms with van der Waals surface area (Å²) in [6, 6.07) is 0. The minimum atomic E-state index is -0.827. The Hall–Kier alpha value is -1.14. The fourth-order valence-corrected chi connectivity index (χ4v) is 2.72. The Labute approximate surface area is 120 Å². The van der Waals surface area contributed by atoms with Gasteiger partial charge in [0, 0.05) is 39.3 Å². The average Bonchev–Trinajstić information content (AvgIpc) is 2.48. The Balaban J connectivity index is 1.69. The maximum atomic E-state index is 12.1. The third-order valence-corrected chi connectivity index (χ3v) is 4.17. The lowest BCUT2D eigenvalue weighted by atomic mass is 9.90. The Kier molecular flexibility index (Phi) is 5.37. The zero-order chi connectivity index (χ0) is 14.4. The number of rotatable bonds is 4. The largest absolute Gasteiger partial charge is 0.381 e. The second kappa shape index (κ2) is 7.04. The molecule has 0 saturated carbocycles. The summed E-state index contributed by atoms with van der Waals surface area (Å²) in [5.41, 5.74) is 5.25. The van der Waals surface area contributed by atoms with Crippen molar-refractivity contribution in [3.8, 4) is 0 Å². The maximum Gasteiger partial charge on any atom is 0.240 e. The molecule has 0 aromatic carbocycles. The van der Waals surface area contributed by atoms with Gasteiger partial charge in [-0.15, -0.1) is 0 Å². The van der Waals surface area contributed by atoms with Crippen LogP contribution in [0.15, 0.2) is 0 Å². The Bertz CT molecular complexity index is 348. The summed E-state index contributed by atoms with van der Waals surface area (Å²) < 4.78 is 5.22. The van der Waals surface area contributed by atoms with Crippen molar-refractivity contribution in [2.24, 2.45) is 5.73 Å². The summed E-state index contributed by atoms with van der Waals surface area (Å²) in [6.07, 6.45) is 4.82. The number of piperidine rings is 1. The number of nitrogens with two attached hydrogens (primary N) is 1. The highest BCUT2D eigenvalue weighted by Gasteiger charge is 2.35. The van der Waals surface area contributed by atoms with E-state index in [1.54, 1.807) is 0 Å². The van der Waals surface area contributed by atoms with Crippen LogP contribution in [-0.4, -0.2) is 55.1 Å². The molecule has 0 radical (unpaired) electrons. The number of nitrogens with one attached hydrogen (secondary N) is 1. The zero-order valence-corrected chi connectivity index (χ0v) is 12.0. The van der Waals surface area contributed by atoms with Crippen molar-refractivity contribution in [3.63, 3.8) is 0 Å². The number of amides is 2. The first-order chi connectivity index (χ1) is 9.62. The van der Waals surface area contributed by atoms with Crippen molar-refractivity contribution in [1.82, 2.24) is 10.2 Å². The minimum Gasteiger partial charge on any atom is -0.381 e. The van der Waals surface area contributed by atoms with Crippen LogP contribution >= 0.6 is 0 Å². The fourth-order valence-electron chi connectivity index (χ4n) is 2.72. The van der Waals surface area contributed by atoms with Crippen LogP contribution in [0.5, 0.6) is 0 Å². The number of hydrogen-bond acceptors (Lipinski definition) is 4. The van der Waals surface area contributed by atoms with E-state index in [0.717, 1.165) is 25.9 Å². The number of carbonyl (C=O) groups is 2. The van der Waals surface area contributed by atoms with E-state index >= 15 is 0 Å². The summed E-state index contributed by atoms with van der Waals surface area (Å²) in [4.78, 5) is 25.9. The quantitative estimate of drug-likeness (QED) is 0.761. The molecule has 2 aliphatic rings. The first-order valence-electron chi connectivity index (χ1n) is 7.54. The van der Waals surface area contributed by atoms with Gasteiger partial charge in [-0.05, 0) is 32.1 Å². The molecule has 0 spiro atoms. The van der Waals surface area contributed by atoms with E-state index < -0.39 is 5.54 Å². The van der Waals surface area contributed by atoms with Gasteiger partial charge in [0.2, 0.25) is 11.8 Å². The smallest absolute Gasteiger partial charge is 0.240 e. The topological polar surface area (TPSA) is 84.7 Å². The fraction of sp³-hybridized carbons (Fsp3) is 0.857. The highest BCUT2D eigenvalue weighted by Crippen LogP contribution is 2.17. The van der Waals surface area contributed by atoms with Gasteiger partial charge in [0.15, 0.2) is 0 Å². The average molecular weight is 283 g/mol. The summed E-state index contributed by atoms with van der Waals surface area (Å²) in [5, 5.41) is 2.80. The molecule has 0 bridgehead atoms. The van der Waals surface area contributed by atoms with Crippen molar-refractivity contribution < 1.29 is 14.3 Å². The first kappa shape index (κ1) is 15.3. The summed E-state index contributed by atoms with van der Waals surface area (Å²) in [5.74, 6) is -0.0321. The Morgan fingerprint density at radius 2 is 1.80 bits per heavy atom. The van der Waals surface area contributed by atoms with Crippen molar-refractivity contribution in [3.05, 3.63) is 0 Å². The third kappa shape index (κ3) is 3.93. The van der Waals surface area contributed by atoms with E-state index in [1.807, 2.05) is 4.90 Å². The van der Waals surface area contributed by atoms with Crippen LogP contribution in [0.4, 0.5) is 0 Å². The molecule has 2 amide bonds. The molecule has 20 heavy (non-hydrogen) atoms. The van der Waals surface area contributed by atoms with Gasteiger partial charge in [0.1, 0.15) is 0 Å². The van der Waals surface area contributed by atoms with E-state index in [2.05, 4.69) is 5.32 Å². The number of carbonyl (C=O) groups excluding carboxylic acids is 2. The highest BCUT2D eigenvalue weighted by molar-refractivity contribution is 5.86. The van der Waals surface area contributed by atoms with Crippen molar-refractivity contribution in [2.75, 3.05) is 32.8 Å². The summed E-state index contributed by atoms with van der Waals surface area (Å²) in [6.45, 7) is 3.12. The Morgan fingerprint density at radius 1 is 1.15 bits per heavy atom. The van der Waals surface area contributed by atoms with Gasteiger partial charge < -0.3 is 20.7 Å². The predicted octanol–water partition coefficient (Wildman–Crippen LogP) is 0.0131. The van der Waals surface area contributed by atoms with Gasteiger partial charge in [-0.3, -0.25) is 9.59 Å². The normalized spacial score (nSPS) is 22.4. The molecular weight excluding hydrogens is 258 g/mol. The van der Waals surface area contributed by atoms with Gasteiger partial charge in [0.25, 0.3) is 0 Å². The van der Waals surface area contributed by atoms with E-state index in [-0.39, 0.29) is 11.8 Å². The monoisotopic (exact) mass is 283 g/mol. The molecule has 6 heteroatoms. The standard InChI is InChI=1S/C14H25N3O3/c15-14(5-10-20-11-6-14)13(19)16-7-4-12(18)17-8-2-1-3-9-17/h1-11,15H2,(H,16,19). The second-order valence-electron chi connectivity index (χ2n) is 5.72. The molecule has 2 heterocycles. The number of likely N-dealkylation sites (tertiary alicyclic amines) is 1.